The summed E-state index contributed by atoms with van der Waals surface area (Å²) in [7, 11) is 0. The summed E-state index contributed by atoms with van der Waals surface area (Å²) in [6.07, 6.45) is 0. The highest BCUT2D eigenvalue weighted by Gasteiger charge is 2.08. The third-order valence-corrected chi connectivity index (χ3v) is 2.91. The summed E-state index contributed by atoms with van der Waals surface area (Å²) in [6.45, 7) is 5.91. The lowest BCUT2D eigenvalue weighted by molar-refractivity contribution is 0.0697. The molecule has 4 heteroatoms. The number of carboxylic acid groups (broad SMARTS) is 1. The molecule has 106 valence electrons. The van der Waals surface area contributed by atoms with Gasteiger partial charge in [-0.15, -0.1) is 0 Å². The number of furan rings is 1. The molecule has 1 heterocycles. The van der Waals surface area contributed by atoms with Crippen LogP contribution in [0.1, 0.15) is 30.0 Å². The van der Waals surface area contributed by atoms with Crippen LogP contribution in [0.25, 0.3) is 11.3 Å². The van der Waals surface area contributed by atoms with Crippen LogP contribution in [-0.2, 0) is 6.54 Å². The van der Waals surface area contributed by atoms with Crippen molar-refractivity contribution in [2.45, 2.75) is 20.4 Å². The van der Waals surface area contributed by atoms with Gasteiger partial charge in [-0.1, -0.05) is 26.0 Å². The van der Waals surface area contributed by atoms with Gasteiger partial charge in [0.25, 0.3) is 0 Å². The molecule has 2 aromatic rings. The first-order valence-corrected chi connectivity index (χ1v) is 6.69. The molecule has 0 aliphatic rings. The van der Waals surface area contributed by atoms with E-state index in [1.807, 2.05) is 18.2 Å². The molecule has 0 bridgehead atoms. The summed E-state index contributed by atoms with van der Waals surface area (Å²) in [5, 5.41) is 12.3. The Hall–Kier alpha value is -2.07. The third kappa shape index (κ3) is 3.71. The molecule has 0 aliphatic carbocycles. The van der Waals surface area contributed by atoms with Crippen LogP contribution in [0, 0.1) is 5.92 Å². The second-order valence-corrected chi connectivity index (χ2v) is 5.18. The van der Waals surface area contributed by atoms with Crippen molar-refractivity contribution < 1.29 is 14.3 Å². The molecule has 4 nitrogen and oxygen atoms in total. The first kappa shape index (κ1) is 14.3. The van der Waals surface area contributed by atoms with E-state index in [2.05, 4.69) is 19.2 Å². The molecule has 0 spiro atoms. The lowest BCUT2D eigenvalue weighted by atomic mass is 10.1. The summed E-state index contributed by atoms with van der Waals surface area (Å²) in [4.78, 5) is 11.0. The van der Waals surface area contributed by atoms with Crippen molar-refractivity contribution >= 4 is 5.97 Å². The molecular weight excluding hydrogens is 254 g/mol. The topological polar surface area (TPSA) is 62.5 Å². The molecule has 0 aliphatic heterocycles. The van der Waals surface area contributed by atoms with E-state index in [4.69, 9.17) is 9.52 Å². The largest absolute Gasteiger partial charge is 0.478 e. The maximum Gasteiger partial charge on any atom is 0.335 e. The van der Waals surface area contributed by atoms with Crippen LogP contribution >= 0.6 is 0 Å². The Kier molecular flexibility index (Phi) is 4.58. The van der Waals surface area contributed by atoms with Crippen LogP contribution in [0.3, 0.4) is 0 Å². The predicted molar refractivity (Wildman–Crippen MR) is 77.6 cm³/mol. The first-order valence-electron chi connectivity index (χ1n) is 6.69. The fourth-order valence-corrected chi connectivity index (χ4v) is 1.92. The number of carboxylic acids is 1. The van der Waals surface area contributed by atoms with Crippen LogP contribution < -0.4 is 5.32 Å². The molecule has 2 N–H and O–H groups in total. The molecule has 20 heavy (non-hydrogen) atoms. The summed E-state index contributed by atoms with van der Waals surface area (Å²) >= 11 is 0. The molecule has 0 atom stereocenters. The third-order valence-electron chi connectivity index (χ3n) is 2.91. The number of aromatic carboxylic acids is 1. The molecule has 0 radical (unpaired) electrons. The SMILES string of the molecule is CC(C)CNCc1ccc(-c2cccc(C(=O)O)c2)o1. The maximum absolute atomic E-state index is 11.0. The minimum absolute atomic E-state index is 0.262. The number of nitrogens with one attached hydrogen (secondary N) is 1. The number of hydrogen-bond donors (Lipinski definition) is 2. The average Bonchev–Trinajstić information content (AvgIpc) is 2.87. The normalized spacial score (nSPS) is 10.9. The van der Waals surface area contributed by atoms with Gasteiger partial charge < -0.3 is 14.8 Å². The number of hydrogen-bond acceptors (Lipinski definition) is 3. The lowest BCUT2D eigenvalue weighted by Crippen LogP contribution is -2.18. The van der Waals surface area contributed by atoms with E-state index < -0.39 is 5.97 Å². The average molecular weight is 273 g/mol. The highest BCUT2D eigenvalue weighted by molar-refractivity contribution is 5.89. The Morgan fingerprint density at radius 3 is 2.80 bits per heavy atom. The van der Waals surface area contributed by atoms with Crippen LogP contribution in [0.5, 0.6) is 0 Å². The molecule has 0 amide bonds. The van der Waals surface area contributed by atoms with E-state index in [-0.39, 0.29) is 5.56 Å². The molecule has 2 rings (SSSR count). The Labute approximate surface area is 118 Å². The van der Waals surface area contributed by atoms with Gasteiger partial charge in [0.15, 0.2) is 0 Å². The standard InChI is InChI=1S/C16H19NO3/c1-11(2)9-17-10-14-6-7-15(20-14)12-4-3-5-13(8-12)16(18)19/h3-8,11,17H,9-10H2,1-2H3,(H,18,19). The van der Waals surface area contributed by atoms with E-state index in [1.165, 1.54) is 0 Å². The van der Waals surface area contributed by atoms with Gasteiger partial charge >= 0.3 is 5.97 Å². The van der Waals surface area contributed by atoms with Crippen molar-refractivity contribution in [2.75, 3.05) is 6.54 Å². The van der Waals surface area contributed by atoms with Crippen LogP contribution in [0.4, 0.5) is 0 Å². The first-order chi connectivity index (χ1) is 9.56. The Morgan fingerprint density at radius 1 is 1.30 bits per heavy atom. The lowest BCUT2D eigenvalue weighted by Gasteiger charge is -2.05. The minimum Gasteiger partial charge on any atom is -0.478 e. The van der Waals surface area contributed by atoms with Gasteiger partial charge in [-0.05, 0) is 36.7 Å². The van der Waals surface area contributed by atoms with E-state index in [0.717, 1.165) is 17.9 Å². The quantitative estimate of drug-likeness (QED) is 0.846. The Bertz CT molecular complexity index is 587. The molecule has 0 fully saturated rings. The fourth-order valence-electron chi connectivity index (χ4n) is 1.92. The number of benzene rings is 1. The Morgan fingerprint density at radius 2 is 2.10 bits per heavy atom. The van der Waals surface area contributed by atoms with E-state index in [1.54, 1.807) is 18.2 Å². The summed E-state index contributed by atoms with van der Waals surface area (Å²) in [6, 6.07) is 10.5. The van der Waals surface area contributed by atoms with E-state index in [0.29, 0.717) is 18.2 Å². The summed E-state index contributed by atoms with van der Waals surface area (Å²) in [5.41, 5.74) is 1.04. The van der Waals surface area contributed by atoms with Crippen LogP contribution in [0.2, 0.25) is 0 Å². The molecular formula is C16H19NO3. The monoisotopic (exact) mass is 273 g/mol. The van der Waals surface area contributed by atoms with E-state index >= 15 is 0 Å². The predicted octanol–water partition coefficient (Wildman–Crippen LogP) is 3.39. The molecule has 0 unspecified atom stereocenters. The van der Waals surface area contributed by atoms with Crippen molar-refractivity contribution in [1.29, 1.82) is 0 Å². The van der Waals surface area contributed by atoms with Gasteiger partial charge in [0.2, 0.25) is 0 Å². The number of rotatable bonds is 6. The smallest absolute Gasteiger partial charge is 0.335 e. The van der Waals surface area contributed by atoms with Crippen molar-refractivity contribution in [3.05, 3.63) is 47.7 Å². The minimum atomic E-state index is -0.933. The highest BCUT2D eigenvalue weighted by Crippen LogP contribution is 2.23. The fraction of sp³-hybridized carbons (Fsp3) is 0.312. The van der Waals surface area contributed by atoms with E-state index in [9.17, 15) is 4.79 Å². The summed E-state index contributed by atoms with van der Waals surface area (Å²) < 4.78 is 5.73. The zero-order chi connectivity index (χ0) is 14.5. The van der Waals surface area contributed by atoms with Gasteiger partial charge in [0.05, 0.1) is 12.1 Å². The zero-order valence-electron chi connectivity index (χ0n) is 11.7. The molecule has 1 aromatic carbocycles. The Balaban J connectivity index is 2.08. The highest BCUT2D eigenvalue weighted by atomic mass is 16.4. The van der Waals surface area contributed by atoms with Crippen molar-refractivity contribution in [1.82, 2.24) is 5.32 Å². The van der Waals surface area contributed by atoms with Gasteiger partial charge in [-0.3, -0.25) is 0 Å². The van der Waals surface area contributed by atoms with Gasteiger partial charge in [-0.25, -0.2) is 4.79 Å². The van der Waals surface area contributed by atoms with Gasteiger partial charge in [0.1, 0.15) is 11.5 Å². The second kappa shape index (κ2) is 6.39. The van der Waals surface area contributed by atoms with Gasteiger partial charge in [-0.2, -0.15) is 0 Å². The van der Waals surface area contributed by atoms with Crippen molar-refractivity contribution in [3.8, 4) is 11.3 Å². The van der Waals surface area contributed by atoms with Crippen molar-refractivity contribution in [3.63, 3.8) is 0 Å². The molecule has 0 saturated heterocycles. The molecule has 1 aromatic heterocycles. The summed E-state index contributed by atoms with van der Waals surface area (Å²) in [5.74, 6) is 1.20. The molecule has 0 saturated carbocycles. The van der Waals surface area contributed by atoms with Crippen LogP contribution in [0.15, 0.2) is 40.8 Å². The second-order valence-electron chi connectivity index (χ2n) is 5.18. The van der Waals surface area contributed by atoms with Gasteiger partial charge in [0, 0.05) is 5.56 Å². The zero-order valence-corrected chi connectivity index (χ0v) is 11.7. The van der Waals surface area contributed by atoms with Crippen molar-refractivity contribution in [2.24, 2.45) is 5.92 Å². The number of carbonyl (C=O) groups is 1. The maximum atomic E-state index is 11.0. The van der Waals surface area contributed by atoms with Crippen LogP contribution in [-0.4, -0.2) is 17.6 Å².